The van der Waals surface area contributed by atoms with E-state index in [1.807, 2.05) is 60.7 Å². The molecular formula is C29H27N3O5S2. The van der Waals surface area contributed by atoms with Gasteiger partial charge in [0.05, 0.1) is 9.79 Å². The van der Waals surface area contributed by atoms with Crippen LogP contribution in [0.3, 0.4) is 0 Å². The van der Waals surface area contributed by atoms with E-state index in [1.165, 1.54) is 24.3 Å². The Labute approximate surface area is 228 Å². The monoisotopic (exact) mass is 561 g/mol. The zero-order valence-electron chi connectivity index (χ0n) is 21.2. The molecule has 0 saturated carbocycles. The van der Waals surface area contributed by atoms with Crippen molar-refractivity contribution in [1.29, 1.82) is 0 Å². The Morgan fingerprint density at radius 3 is 1.33 bits per heavy atom. The molecule has 5 rings (SSSR count). The topological polar surface area (TPSA) is 125 Å². The van der Waals surface area contributed by atoms with Crippen LogP contribution >= 0.6 is 0 Å². The van der Waals surface area contributed by atoms with E-state index < -0.39 is 32.1 Å². The molecule has 39 heavy (non-hydrogen) atoms. The van der Waals surface area contributed by atoms with Crippen LogP contribution in [-0.4, -0.2) is 27.8 Å². The van der Waals surface area contributed by atoms with E-state index in [-0.39, 0.29) is 15.5 Å². The van der Waals surface area contributed by atoms with E-state index in [0.717, 1.165) is 11.1 Å². The zero-order chi connectivity index (χ0) is 27.8. The number of nitrogens with zero attached hydrogens (tertiary/aromatic N) is 1. The maximum absolute atomic E-state index is 13.2. The summed E-state index contributed by atoms with van der Waals surface area (Å²) in [5.74, 6) is 0. The first-order chi connectivity index (χ1) is 18.6. The lowest BCUT2D eigenvalue weighted by molar-refractivity contribution is 0.320. The molecule has 2 atom stereocenters. The Hall–Kier alpha value is -3.83. The molecule has 0 saturated heterocycles. The van der Waals surface area contributed by atoms with Gasteiger partial charge in [0.1, 0.15) is 5.71 Å². The lowest BCUT2D eigenvalue weighted by Gasteiger charge is -2.15. The number of oxime groups is 1. The molecule has 0 radical (unpaired) electrons. The fourth-order valence-corrected chi connectivity index (χ4v) is 7.23. The van der Waals surface area contributed by atoms with Crippen LogP contribution in [0.2, 0.25) is 0 Å². The van der Waals surface area contributed by atoms with Crippen molar-refractivity contribution < 1.29 is 22.0 Å². The number of rotatable bonds is 8. The van der Waals surface area contributed by atoms with Gasteiger partial charge in [-0.25, -0.2) is 26.3 Å². The molecule has 0 amide bonds. The molecule has 0 fully saturated rings. The van der Waals surface area contributed by atoms with Gasteiger partial charge in [-0.15, -0.1) is 0 Å². The van der Waals surface area contributed by atoms with E-state index in [4.69, 9.17) is 0 Å². The summed E-state index contributed by atoms with van der Waals surface area (Å²) in [6, 6.07) is 26.6. The van der Waals surface area contributed by atoms with Crippen LogP contribution in [0, 0.1) is 0 Å². The molecule has 0 spiro atoms. The first-order valence-electron chi connectivity index (χ1n) is 12.3. The van der Waals surface area contributed by atoms with Crippen molar-refractivity contribution in [3.8, 4) is 11.1 Å². The second-order valence-electron chi connectivity index (χ2n) is 9.37. The van der Waals surface area contributed by atoms with Crippen molar-refractivity contribution in [2.45, 2.75) is 35.7 Å². The average molecular weight is 562 g/mol. The quantitative estimate of drug-likeness (QED) is 0.182. The molecule has 8 nitrogen and oxygen atoms in total. The normalized spacial score (nSPS) is 14.4. The van der Waals surface area contributed by atoms with Gasteiger partial charge in [0, 0.05) is 23.2 Å². The number of nitrogens with one attached hydrogen (secondary N) is 2. The molecule has 4 aromatic rings. The number of sulfonamides is 2. The lowest BCUT2D eigenvalue weighted by atomic mass is 10.1. The van der Waals surface area contributed by atoms with Gasteiger partial charge in [-0.1, -0.05) is 78.0 Å². The summed E-state index contributed by atoms with van der Waals surface area (Å²) < 4.78 is 58.1. The van der Waals surface area contributed by atoms with E-state index in [0.29, 0.717) is 22.3 Å². The summed E-state index contributed by atoms with van der Waals surface area (Å²) in [5, 5.41) is 13.3. The highest BCUT2D eigenvalue weighted by Gasteiger charge is 2.30. The SMILES string of the molecule is C[C@H](NS(=O)(=O)c1ccc2c(c1)C(=NO)c1cc(S(=O)(=O)N[C@@H](C)c3ccccc3)ccc1-2)c1ccccc1. The average Bonchev–Trinajstić information content (AvgIpc) is 3.25. The Morgan fingerprint density at radius 1 is 0.590 bits per heavy atom. The summed E-state index contributed by atoms with van der Waals surface area (Å²) in [6.07, 6.45) is 0. The zero-order valence-corrected chi connectivity index (χ0v) is 22.9. The molecule has 4 aromatic carbocycles. The Bertz CT molecular complexity index is 1640. The van der Waals surface area contributed by atoms with Crippen LogP contribution in [-0.2, 0) is 20.0 Å². The molecule has 1 aliphatic rings. The van der Waals surface area contributed by atoms with Crippen LogP contribution in [0.25, 0.3) is 11.1 Å². The molecular weight excluding hydrogens is 534 g/mol. The van der Waals surface area contributed by atoms with Gasteiger partial charge in [-0.05, 0) is 60.4 Å². The van der Waals surface area contributed by atoms with Crippen molar-refractivity contribution in [3.05, 3.63) is 119 Å². The predicted molar refractivity (Wildman–Crippen MR) is 150 cm³/mol. The Kier molecular flexibility index (Phi) is 7.13. The van der Waals surface area contributed by atoms with Crippen molar-refractivity contribution in [2.75, 3.05) is 0 Å². The summed E-state index contributed by atoms with van der Waals surface area (Å²) in [5.41, 5.74) is 3.80. The molecule has 0 aliphatic heterocycles. The van der Waals surface area contributed by atoms with Crippen molar-refractivity contribution in [3.63, 3.8) is 0 Å². The maximum atomic E-state index is 13.2. The third-order valence-corrected chi connectivity index (χ3v) is 9.84. The van der Waals surface area contributed by atoms with E-state index >= 15 is 0 Å². The van der Waals surface area contributed by atoms with Crippen molar-refractivity contribution in [2.24, 2.45) is 5.16 Å². The molecule has 0 bridgehead atoms. The van der Waals surface area contributed by atoms with Crippen LogP contribution in [0.4, 0.5) is 0 Å². The summed E-state index contributed by atoms with van der Waals surface area (Å²) in [4.78, 5) is 0.00775. The van der Waals surface area contributed by atoms with E-state index in [9.17, 15) is 22.0 Å². The fraction of sp³-hybridized carbons (Fsp3) is 0.138. The fourth-order valence-electron chi connectivity index (χ4n) is 4.72. The van der Waals surface area contributed by atoms with Crippen molar-refractivity contribution in [1.82, 2.24) is 9.44 Å². The van der Waals surface area contributed by atoms with Crippen LogP contribution < -0.4 is 9.44 Å². The first kappa shape index (κ1) is 26.8. The highest BCUT2D eigenvalue weighted by atomic mass is 32.2. The van der Waals surface area contributed by atoms with Crippen LogP contribution in [0.1, 0.15) is 48.2 Å². The number of benzene rings is 4. The van der Waals surface area contributed by atoms with Crippen LogP contribution in [0.15, 0.2) is 112 Å². The molecule has 3 N–H and O–H groups in total. The van der Waals surface area contributed by atoms with E-state index in [1.54, 1.807) is 26.0 Å². The summed E-state index contributed by atoms with van der Waals surface area (Å²) >= 11 is 0. The second-order valence-corrected chi connectivity index (χ2v) is 12.8. The summed E-state index contributed by atoms with van der Waals surface area (Å²) in [6.45, 7) is 3.51. The molecule has 1 aliphatic carbocycles. The van der Waals surface area contributed by atoms with Gasteiger partial charge in [-0.2, -0.15) is 0 Å². The number of fused-ring (bicyclic) bond motifs is 3. The van der Waals surface area contributed by atoms with Gasteiger partial charge < -0.3 is 5.21 Å². The van der Waals surface area contributed by atoms with Gasteiger partial charge in [0.25, 0.3) is 0 Å². The standard InChI is InChI=1S/C29H27N3O5S2/c1-19(21-9-5-3-6-10-21)31-38(34,35)23-13-15-25-26-16-14-24(18-28(26)29(30-33)27(25)17-23)39(36,37)32-20(2)22-11-7-4-8-12-22/h3-20,31-33H,1-2H3/t19-,20-/m0/s1. The minimum Gasteiger partial charge on any atom is -0.410 e. The van der Waals surface area contributed by atoms with Crippen molar-refractivity contribution >= 4 is 25.8 Å². The largest absolute Gasteiger partial charge is 0.410 e. The van der Waals surface area contributed by atoms with Gasteiger partial charge in [-0.3, -0.25) is 0 Å². The predicted octanol–water partition coefficient (Wildman–Crippen LogP) is 4.97. The third-order valence-electron chi connectivity index (χ3n) is 6.77. The molecule has 10 heteroatoms. The van der Waals surface area contributed by atoms with Gasteiger partial charge in [0.2, 0.25) is 20.0 Å². The van der Waals surface area contributed by atoms with Crippen LogP contribution in [0.5, 0.6) is 0 Å². The molecule has 0 heterocycles. The third kappa shape index (κ3) is 5.24. The maximum Gasteiger partial charge on any atom is 0.241 e. The van der Waals surface area contributed by atoms with E-state index in [2.05, 4.69) is 14.6 Å². The summed E-state index contributed by atoms with van der Waals surface area (Å²) in [7, 11) is -7.82. The minimum absolute atomic E-state index is 0.00387. The second kappa shape index (κ2) is 10.4. The smallest absolute Gasteiger partial charge is 0.241 e. The number of hydrogen-bond acceptors (Lipinski definition) is 6. The number of hydrogen-bond donors (Lipinski definition) is 3. The Balaban J connectivity index is 1.44. The van der Waals surface area contributed by atoms with Gasteiger partial charge >= 0.3 is 0 Å². The molecule has 0 unspecified atom stereocenters. The Morgan fingerprint density at radius 2 is 0.974 bits per heavy atom. The highest BCUT2D eigenvalue weighted by molar-refractivity contribution is 7.89. The highest BCUT2D eigenvalue weighted by Crippen LogP contribution is 2.39. The lowest BCUT2D eigenvalue weighted by Crippen LogP contribution is -2.27. The van der Waals surface area contributed by atoms with Gasteiger partial charge in [0.15, 0.2) is 0 Å². The first-order valence-corrected chi connectivity index (χ1v) is 15.2. The minimum atomic E-state index is -3.91. The molecule has 0 aromatic heterocycles. The molecule has 200 valence electrons.